The van der Waals surface area contributed by atoms with Crippen molar-refractivity contribution in [3.8, 4) is 33.5 Å². The van der Waals surface area contributed by atoms with Crippen LogP contribution in [0.5, 0.6) is 0 Å². The standard InChI is InChI=1S/C33H24N2.C11H18.C3H7N.Pt/c1-3-25(2)35(31-19-17-28(18-20-31)26-11-6-4-7-12-26)32-16-10-15-30(23-32)33-24-29(21-22-34-33)27-13-8-5-9-14-27;1-4-6-8-10-11(3)9-7-5-2;1-3-4-2;/h4-22,24H,1-2H2;5-9H,4,10H2,1-3H3;3H,1-2H3;/q-2;;;+2/b;7-5-,8-6-,11-9+;;. The maximum Gasteiger partial charge on any atom is 2.00 e. The van der Waals surface area contributed by atoms with Gasteiger partial charge in [0.2, 0.25) is 0 Å². The van der Waals surface area contributed by atoms with Gasteiger partial charge in [0.1, 0.15) is 0 Å². The average Bonchev–Trinajstić information content (AvgIpc) is 3.18. The summed E-state index contributed by atoms with van der Waals surface area (Å²) in [5.41, 5.74) is 10.2. The third-order valence-electron chi connectivity index (χ3n) is 7.54. The van der Waals surface area contributed by atoms with Crippen molar-refractivity contribution < 1.29 is 21.1 Å². The van der Waals surface area contributed by atoms with Crippen LogP contribution in [0.3, 0.4) is 0 Å². The predicted molar refractivity (Wildman–Crippen MR) is 219 cm³/mol. The molecule has 0 aliphatic heterocycles. The molecule has 0 fully saturated rings. The summed E-state index contributed by atoms with van der Waals surface area (Å²) in [7, 11) is 1.75. The fraction of sp³-hybridized carbons (Fsp3) is 0.149. The number of anilines is 2. The molecule has 1 heterocycles. The van der Waals surface area contributed by atoms with Gasteiger partial charge in [0.15, 0.2) is 0 Å². The molecule has 0 atom stereocenters. The summed E-state index contributed by atoms with van der Waals surface area (Å²) in [6.07, 6.45) is 19.5. The average molecular weight is 851 g/mol. The molecule has 262 valence electrons. The zero-order valence-corrected chi connectivity index (χ0v) is 32.8. The summed E-state index contributed by atoms with van der Waals surface area (Å²) >= 11 is 0. The van der Waals surface area contributed by atoms with Crippen molar-refractivity contribution in [1.29, 1.82) is 0 Å². The van der Waals surface area contributed by atoms with Gasteiger partial charge in [-0.1, -0.05) is 122 Å². The molecule has 5 rings (SSSR count). The number of allylic oxidation sites excluding steroid dienone is 7. The van der Waals surface area contributed by atoms with Gasteiger partial charge in [-0.25, -0.2) is 12.7 Å². The smallest absolute Gasteiger partial charge is 0.365 e. The maximum absolute atomic E-state index is 4.62. The van der Waals surface area contributed by atoms with Crippen LogP contribution in [-0.4, -0.2) is 18.2 Å². The Kier molecular flexibility index (Phi) is 19.9. The summed E-state index contributed by atoms with van der Waals surface area (Å²) in [6, 6.07) is 42.7. The molecule has 1 aromatic heterocycles. The van der Waals surface area contributed by atoms with E-state index in [1.165, 1.54) is 11.1 Å². The van der Waals surface area contributed by atoms with Crippen LogP contribution in [0.2, 0.25) is 0 Å². The second-order valence-electron chi connectivity index (χ2n) is 11.3. The molecule has 5 aromatic rings. The third kappa shape index (κ3) is 14.0. The molecule has 0 saturated carbocycles. The van der Waals surface area contributed by atoms with Crippen LogP contribution in [-0.2, 0) is 21.1 Å². The quantitative estimate of drug-likeness (QED) is 0.0573. The number of pyridine rings is 1. The number of hydrogen-bond acceptors (Lipinski definition) is 3. The van der Waals surface area contributed by atoms with Gasteiger partial charge in [0.05, 0.1) is 0 Å². The van der Waals surface area contributed by atoms with Crippen LogP contribution < -0.4 is 4.90 Å². The van der Waals surface area contributed by atoms with Gasteiger partial charge in [0, 0.05) is 18.9 Å². The molecule has 0 N–H and O–H groups in total. The third-order valence-corrected chi connectivity index (χ3v) is 7.54. The second kappa shape index (κ2) is 24.1. The Bertz CT molecular complexity index is 1860. The van der Waals surface area contributed by atoms with E-state index in [1.54, 1.807) is 13.3 Å². The fourth-order valence-corrected chi connectivity index (χ4v) is 4.84. The van der Waals surface area contributed by atoms with Crippen molar-refractivity contribution in [2.24, 2.45) is 4.99 Å². The molecule has 0 amide bonds. The van der Waals surface area contributed by atoms with Crippen LogP contribution in [0, 0.1) is 12.1 Å². The Balaban J connectivity index is 0.000000477. The van der Waals surface area contributed by atoms with E-state index >= 15 is 0 Å². The molecule has 4 aromatic carbocycles. The van der Waals surface area contributed by atoms with Gasteiger partial charge < -0.3 is 14.9 Å². The summed E-state index contributed by atoms with van der Waals surface area (Å²) in [5.74, 6) is 0. The van der Waals surface area contributed by atoms with E-state index in [0.717, 1.165) is 52.2 Å². The molecular weight excluding hydrogens is 802 g/mol. The molecule has 0 radical (unpaired) electrons. The van der Waals surface area contributed by atoms with Crippen molar-refractivity contribution >= 4 is 17.6 Å². The zero-order chi connectivity index (χ0) is 36.0. The van der Waals surface area contributed by atoms with Crippen LogP contribution in [0.1, 0.15) is 40.5 Å². The number of aromatic nitrogens is 1. The Labute approximate surface area is 321 Å². The van der Waals surface area contributed by atoms with Gasteiger partial charge in [0.25, 0.3) is 0 Å². The monoisotopic (exact) mass is 850 g/mol. The molecule has 0 aliphatic carbocycles. The van der Waals surface area contributed by atoms with Crippen LogP contribution >= 0.6 is 0 Å². The molecule has 0 saturated heterocycles. The Morgan fingerprint density at radius 1 is 0.824 bits per heavy atom. The second-order valence-corrected chi connectivity index (χ2v) is 11.3. The number of benzene rings is 4. The van der Waals surface area contributed by atoms with Crippen LogP contribution in [0.25, 0.3) is 33.5 Å². The van der Waals surface area contributed by atoms with Gasteiger partial charge in [-0.15, -0.1) is 35.5 Å². The molecule has 3 nitrogen and oxygen atoms in total. The van der Waals surface area contributed by atoms with Crippen LogP contribution in [0.4, 0.5) is 11.4 Å². The number of hydrogen-bond donors (Lipinski definition) is 0. The molecular formula is C47H49N3Pt. The summed E-state index contributed by atoms with van der Waals surface area (Å²) in [4.78, 5) is 10.2. The van der Waals surface area contributed by atoms with E-state index in [9.17, 15) is 0 Å². The molecule has 0 unspecified atom stereocenters. The molecule has 51 heavy (non-hydrogen) atoms. The van der Waals surface area contributed by atoms with Gasteiger partial charge in [-0.3, -0.25) is 0 Å². The summed E-state index contributed by atoms with van der Waals surface area (Å²) < 4.78 is 0. The first kappa shape index (κ1) is 42.1. The molecule has 0 spiro atoms. The van der Waals surface area contributed by atoms with E-state index in [-0.39, 0.29) is 21.1 Å². The molecule has 0 aliphatic rings. The van der Waals surface area contributed by atoms with E-state index in [0.29, 0.717) is 5.70 Å². The number of rotatable bonds is 11. The van der Waals surface area contributed by atoms with E-state index in [1.807, 2.05) is 91.7 Å². The number of aliphatic imine (C=N–C) groups is 1. The van der Waals surface area contributed by atoms with E-state index < -0.39 is 0 Å². The largest absolute Gasteiger partial charge is 2.00 e. The maximum atomic E-state index is 4.62. The minimum absolute atomic E-state index is 0. The molecule has 4 heteroatoms. The van der Waals surface area contributed by atoms with Crippen molar-refractivity contribution in [2.75, 3.05) is 11.9 Å². The Morgan fingerprint density at radius 3 is 2.00 bits per heavy atom. The van der Waals surface area contributed by atoms with Crippen molar-refractivity contribution in [3.05, 3.63) is 188 Å². The minimum atomic E-state index is 0. The predicted octanol–water partition coefficient (Wildman–Crippen LogP) is 13.1. The van der Waals surface area contributed by atoms with Crippen molar-refractivity contribution in [2.45, 2.75) is 40.5 Å². The topological polar surface area (TPSA) is 28.5 Å². The van der Waals surface area contributed by atoms with E-state index in [4.69, 9.17) is 0 Å². The first-order valence-electron chi connectivity index (χ1n) is 17.0. The Hall–Kier alpha value is -5.11. The zero-order valence-electron chi connectivity index (χ0n) is 30.5. The summed E-state index contributed by atoms with van der Waals surface area (Å²) in [5, 5.41) is 0. The van der Waals surface area contributed by atoms with Crippen molar-refractivity contribution in [1.82, 2.24) is 4.98 Å². The Morgan fingerprint density at radius 2 is 1.43 bits per heavy atom. The van der Waals surface area contributed by atoms with Gasteiger partial charge >= 0.3 is 21.1 Å². The van der Waals surface area contributed by atoms with Crippen molar-refractivity contribution in [3.63, 3.8) is 0 Å². The number of nitrogens with zero attached hydrogens (tertiary/aromatic N) is 3. The first-order chi connectivity index (χ1) is 24.4. The van der Waals surface area contributed by atoms with Gasteiger partial charge in [-0.05, 0) is 91.7 Å². The normalized spacial score (nSPS) is 10.9. The summed E-state index contributed by atoms with van der Waals surface area (Å²) in [6.45, 7) is 16.2. The SMILES string of the molecule is C/C=C\C=C(/C)C/C=C\CC.C=[C-]C(=C)N(c1[c-]c(-c2cc(-c3ccccc3)ccn2)ccc1)c1ccc(-c2ccccc2)cc1.CC=NC.[Pt+2]. The van der Waals surface area contributed by atoms with E-state index in [2.05, 4.69) is 128 Å². The minimum Gasteiger partial charge on any atom is -0.365 e. The first-order valence-corrected chi connectivity index (χ1v) is 17.0. The van der Waals surface area contributed by atoms with Crippen LogP contribution in [0.15, 0.2) is 181 Å². The van der Waals surface area contributed by atoms with Gasteiger partial charge in [-0.2, -0.15) is 6.58 Å². The molecule has 0 bridgehead atoms. The fourth-order valence-electron chi connectivity index (χ4n) is 4.84.